The molecule has 1 aromatic heterocycles. The van der Waals surface area contributed by atoms with Crippen molar-refractivity contribution in [1.29, 1.82) is 0 Å². The minimum Gasteiger partial charge on any atom is -0.497 e. The highest BCUT2D eigenvalue weighted by Gasteiger charge is 2.16. The number of ether oxygens (including phenoxy) is 1. The lowest BCUT2D eigenvalue weighted by atomic mass is 10.2. The fourth-order valence-corrected chi connectivity index (χ4v) is 3.17. The molecule has 0 unspecified atom stereocenters. The minimum absolute atomic E-state index is 0.257. The molecule has 7 heteroatoms. The lowest BCUT2D eigenvalue weighted by Gasteiger charge is -2.10. The molecule has 112 valence electrons. The molecule has 2 aromatic rings. The predicted octanol–water partition coefficient (Wildman–Crippen LogP) is 1.31. The predicted molar refractivity (Wildman–Crippen MR) is 78.7 cm³/mol. The van der Waals surface area contributed by atoms with Gasteiger partial charge < -0.3 is 4.74 Å². The van der Waals surface area contributed by atoms with Crippen LogP contribution >= 0.6 is 0 Å². The summed E-state index contributed by atoms with van der Waals surface area (Å²) < 4.78 is 32.2. The summed E-state index contributed by atoms with van der Waals surface area (Å²) in [5.74, 6) is 0.632. The summed E-state index contributed by atoms with van der Waals surface area (Å²) >= 11 is 0. The first-order chi connectivity index (χ1) is 10.0. The van der Waals surface area contributed by atoms with Crippen LogP contribution in [0.15, 0.2) is 41.8 Å². The third kappa shape index (κ3) is 3.99. The van der Waals surface area contributed by atoms with Crippen LogP contribution in [0.5, 0.6) is 5.75 Å². The summed E-state index contributed by atoms with van der Waals surface area (Å²) in [6, 6.07) is 4.87. The summed E-state index contributed by atoms with van der Waals surface area (Å²) in [6.07, 6.45) is 5.31. The molecule has 2 rings (SSSR count). The second-order valence-electron chi connectivity index (χ2n) is 4.53. The number of methoxy groups -OCH3 is 1. The van der Waals surface area contributed by atoms with Crippen LogP contribution in [-0.2, 0) is 16.4 Å². The molecule has 0 fully saturated rings. The second kappa shape index (κ2) is 6.64. The Morgan fingerprint density at radius 1 is 1.24 bits per heavy atom. The van der Waals surface area contributed by atoms with Crippen LogP contribution in [0.25, 0.3) is 0 Å². The topological polar surface area (TPSA) is 81.2 Å². The monoisotopic (exact) mass is 307 g/mol. The molecular weight excluding hydrogens is 290 g/mol. The maximum atomic E-state index is 12.3. The highest BCUT2D eigenvalue weighted by Crippen LogP contribution is 2.20. The quantitative estimate of drug-likeness (QED) is 0.870. The van der Waals surface area contributed by atoms with Crippen LogP contribution in [0.3, 0.4) is 0 Å². The van der Waals surface area contributed by atoms with Gasteiger partial charge in [-0.1, -0.05) is 0 Å². The Morgan fingerprint density at radius 2 is 1.95 bits per heavy atom. The number of benzene rings is 1. The van der Waals surface area contributed by atoms with Crippen LogP contribution in [0.4, 0.5) is 0 Å². The molecule has 0 radical (unpaired) electrons. The maximum absolute atomic E-state index is 12.3. The number of aryl methyl sites for hydroxylation is 1. The Balaban J connectivity index is 2.05. The molecule has 0 atom stereocenters. The molecule has 0 aliphatic rings. The highest BCUT2D eigenvalue weighted by molar-refractivity contribution is 7.89. The summed E-state index contributed by atoms with van der Waals surface area (Å²) in [7, 11) is -1.99. The first-order valence-electron chi connectivity index (χ1n) is 6.41. The molecule has 21 heavy (non-hydrogen) atoms. The molecule has 6 nitrogen and oxygen atoms in total. The summed E-state index contributed by atoms with van der Waals surface area (Å²) in [5.41, 5.74) is 1.52. The lowest BCUT2D eigenvalue weighted by Crippen LogP contribution is -2.26. The van der Waals surface area contributed by atoms with Gasteiger partial charge in [-0.25, -0.2) is 23.1 Å². The molecule has 0 spiro atoms. The third-order valence-corrected chi connectivity index (χ3v) is 4.61. The zero-order valence-corrected chi connectivity index (χ0v) is 12.7. The fraction of sp³-hybridized carbons (Fsp3) is 0.286. The van der Waals surface area contributed by atoms with E-state index in [9.17, 15) is 8.42 Å². The smallest absolute Gasteiger partial charge is 0.240 e. The van der Waals surface area contributed by atoms with Crippen molar-refractivity contribution in [2.75, 3.05) is 13.7 Å². The first kappa shape index (κ1) is 15.4. The highest BCUT2D eigenvalue weighted by atomic mass is 32.2. The van der Waals surface area contributed by atoms with E-state index in [1.54, 1.807) is 44.6 Å². The van der Waals surface area contributed by atoms with Crippen LogP contribution in [0.2, 0.25) is 0 Å². The van der Waals surface area contributed by atoms with Gasteiger partial charge in [0.25, 0.3) is 0 Å². The molecule has 0 aliphatic carbocycles. The van der Waals surface area contributed by atoms with Crippen molar-refractivity contribution in [2.24, 2.45) is 0 Å². The molecule has 0 bridgehead atoms. The zero-order valence-electron chi connectivity index (χ0n) is 11.9. The molecule has 1 heterocycles. The third-order valence-electron chi connectivity index (χ3n) is 2.99. The van der Waals surface area contributed by atoms with E-state index < -0.39 is 10.0 Å². The van der Waals surface area contributed by atoms with E-state index in [1.165, 1.54) is 6.33 Å². The molecule has 1 aromatic carbocycles. The standard InChI is InChI=1S/C14H17N3O3S/c1-11-7-13(20-2)3-4-14(11)21(18,19)17-6-5-12-8-15-10-16-9-12/h3-4,7-10,17H,5-6H2,1-2H3. The molecule has 1 N–H and O–H groups in total. The normalized spacial score (nSPS) is 11.3. The summed E-state index contributed by atoms with van der Waals surface area (Å²) in [5, 5.41) is 0. The second-order valence-corrected chi connectivity index (χ2v) is 6.26. The van der Waals surface area contributed by atoms with Crippen molar-refractivity contribution in [3.63, 3.8) is 0 Å². The zero-order chi connectivity index (χ0) is 15.3. The number of hydrogen-bond donors (Lipinski definition) is 1. The van der Waals surface area contributed by atoms with Crippen LogP contribution in [-0.4, -0.2) is 32.0 Å². The van der Waals surface area contributed by atoms with Crippen molar-refractivity contribution in [1.82, 2.24) is 14.7 Å². The maximum Gasteiger partial charge on any atom is 0.240 e. The molecule has 0 saturated heterocycles. The van der Waals surface area contributed by atoms with Gasteiger partial charge in [-0.2, -0.15) is 0 Å². The molecular formula is C14H17N3O3S. The van der Waals surface area contributed by atoms with E-state index in [2.05, 4.69) is 14.7 Å². The average molecular weight is 307 g/mol. The lowest BCUT2D eigenvalue weighted by molar-refractivity contribution is 0.414. The van der Waals surface area contributed by atoms with Crippen molar-refractivity contribution < 1.29 is 13.2 Å². The van der Waals surface area contributed by atoms with Gasteiger partial charge in [0.2, 0.25) is 10.0 Å². The number of rotatable bonds is 6. The Labute approximate surface area is 124 Å². The number of sulfonamides is 1. The van der Waals surface area contributed by atoms with Gasteiger partial charge in [-0.15, -0.1) is 0 Å². The summed E-state index contributed by atoms with van der Waals surface area (Å²) in [6.45, 7) is 2.03. The van der Waals surface area contributed by atoms with Gasteiger partial charge in [0.05, 0.1) is 12.0 Å². The van der Waals surface area contributed by atoms with Crippen molar-refractivity contribution in [2.45, 2.75) is 18.2 Å². The molecule has 0 saturated carbocycles. The van der Waals surface area contributed by atoms with E-state index in [-0.39, 0.29) is 4.90 Å². The SMILES string of the molecule is COc1ccc(S(=O)(=O)NCCc2cncnc2)c(C)c1. The number of nitrogens with one attached hydrogen (secondary N) is 1. The number of hydrogen-bond acceptors (Lipinski definition) is 5. The van der Waals surface area contributed by atoms with Gasteiger partial charge in [0, 0.05) is 18.9 Å². The van der Waals surface area contributed by atoms with Gasteiger partial charge in [-0.3, -0.25) is 0 Å². The number of nitrogens with zero attached hydrogens (tertiary/aromatic N) is 2. The summed E-state index contributed by atoms with van der Waals surface area (Å²) in [4.78, 5) is 8.03. The van der Waals surface area contributed by atoms with Crippen LogP contribution in [0, 0.1) is 6.92 Å². The first-order valence-corrected chi connectivity index (χ1v) is 7.89. The van der Waals surface area contributed by atoms with Gasteiger partial charge >= 0.3 is 0 Å². The number of aromatic nitrogens is 2. The minimum atomic E-state index is -3.53. The Hall–Kier alpha value is -1.99. The van der Waals surface area contributed by atoms with E-state index in [1.807, 2.05) is 0 Å². The van der Waals surface area contributed by atoms with E-state index >= 15 is 0 Å². The van der Waals surface area contributed by atoms with Crippen LogP contribution < -0.4 is 9.46 Å². The Morgan fingerprint density at radius 3 is 2.57 bits per heavy atom. The van der Waals surface area contributed by atoms with Gasteiger partial charge in [0.1, 0.15) is 12.1 Å². The molecule has 0 amide bonds. The van der Waals surface area contributed by atoms with Gasteiger partial charge in [-0.05, 0) is 42.7 Å². The van der Waals surface area contributed by atoms with E-state index in [0.29, 0.717) is 24.3 Å². The van der Waals surface area contributed by atoms with Crippen molar-refractivity contribution >= 4 is 10.0 Å². The fourth-order valence-electron chi connectivity index (χ4n) is 1.92. The Kier molecular flexibility index (Phi) is 4.87. The molecule has 0 aliphatic heterocycles. The largest absolute Gasteiger partial charge is 0.497 e. The van der Waals surface area contributed by atoms with E-state index in [4.69, 9.17) is 4.74 Å². The van der Waals surface area contributed by atoms with Crippen molar-refractivity contribution in [3.05, 3.63) is 48.0 Å². The van der Waals surface area contributed by atoms with Gasteiger partial charge in [0.15, 0.2) is 0 Å². The van der Waals surface area contributed by atoms with Crippen LogP contribution in [0.1, 0.15) is 11.1 Å². The average Bonchev–Trinajstić information content (AvgIpc) is 2.47. The van der Waals surface area contributed by atoms with E-state index in [0.717, 1.165) is 5.56 Å². The van der Waals surface area contributed by atoms with Crippen molar-refractivity contribution in [3.8, 4) is 5.75 Å². The Bertz CT molecular complexity index is 703.